The molecule has 0 bridgehead atoms. The first kappa shape index (κ1) is 17.5. The van der Waals surface area contributed by atoms with Crippen LogP contribution in [0.3, 0.4) is 0 Å². The van der Waals surface area contributed by atoms with Gasteiger partial charge in [-0.25, -0.2) is 0 Å². The second kappa shape index (κ2) is 7.75. The monoisotopic (exact) mass is 366 g/mol. The number of hydrogen-bond acceptors (Lipinski definition) is 7. The molecule has 1 aliphatic heterocycles. The van der Waals surface area contributed by atoms with Crippen LogP contribution in [-0.2, 0) is 6.54 Å². The number of benzene rings is 1. The van der Waals surface area contributed by atoms with Crippen LogP contribution in [0.5, 0.6) is 11.5 Å². The van der Waals surface area contributed by atoms with E-state index in [1.807, 2.05) is 24.3 Å². The molecule has 0 amide bonds. The zero-order valence-electron chi connectivity index (χ0n) is 15.5. The van der Waals surface area contributed by atoms with Gasteiger partial charge in [-0.15, -0.1) is 0 Å². The zero-order valence-corrected chi connectivity index (χ0v) is 15.5. The number of pyridine rings is 1. The van der Waals surface area contributed by atoms with Gasteiger partial charge in [0.2, 0.25) is 11.7 Å². The van der Waals surface area contributed by atoms with Gasteiger partial charge in [0, 0.05) is 36.6 Å². The quantitative estimate of drug-likeness (QED) is 0.663. The van der Waals surface area contributed by atoms with E-state index in [2.05, 4.69) is 26.1 Å². The molecule has 4 rings (SSSR count). The van der Waals surface area contributed by atoms with Crippen LogP contribution in [0.1, 0.15) is 23.8 Å². The number of hydrogen-bond donors (Lipinski definition) is 0. The molecule has 0 unspecified atom stereocenters. The number of nitrogens with zero attached hydrogens (tertiary/aromatic N) is 4. The van der Waals surface area contributed by atoms with E-state index >= 15 is 0 Å². The Morgan fingerprint density at radius 1 is 1.19 bits per heavy atom. The summed E-state index contributed by atoms with van der Waals surface area (Å²) >= 11 is 0. The molecule has 0 radical (unpaired) electrons. The van der Waals surface area contributed by atoms with Crippen molar-refractivity contribution in [3.63, 3.8) is 0 Å². The molecule has 0 N–H and O–H groups in total. The lowest BCUT2D eigenvalue weighted by Crippen LogP contribution is -2.20. The Labute approximate surface area is 157 Å². The van der Waals surface area contributed by atoms with Gasteiger partial charge in [0.1, 0.15) is 0 Å². The maximum absolute atomic E-state index is 5.54. The molecule has 7 nitrogen and oxygen atoms in total. The molecule has 27 heavy (non-hydrogen) atoms. The van der Waals surface area contributed by atoms with Gasteiger partial charge in [-0.2, -0.15) is 4.98 Å². The Morgan fingerprint density at radius 3 is 2.89 bits per heavy atom. The SMILES string of the molecule is COc1cccc(CN2CC[C@H](c3nc(-c4cccnc4)no3)C2)c1OC. The van der Waals surface area contributed by atoms with Gasteiger partial charge < -0.3 is 14.0 Å². The topological polar surface area (TPSA) is 73.5 Å². The summed E-state index contributed by atoms with van der Waals surface area (Å²) in [4.78, 5) is 11.1. The summed E-state index contributed by atoms with van der Waals surface area (Å²) in [5.74, 6) is 3.06. The molecule has 140 valence electrons. The number of methoxy groups -OCH3 is 2. The summed E-state index contributed by atoms with van der Waals surface area (Å²) in [7, 11) is 3.33. The molecule has 2 aromatic heterocycles. The largest absolute Gasteiger partial charge is 0.493 e. The van der Waals surface area contributed by atoms with E-state index in [0.29, 0.717) is 11.7 Å². The summed E-state index contributed by atoms with van der Waals surface area (Å²) in [6, 6.07) is 9.76. The fourth-order valence-corrected chi connectivity index (χ4v) is 3.51. The van der Waals surface area contributed by atoms with Crippen molar-refractivity contribution in [2.24, 2.45) is 0 Å². The normalized spacial score (nSPS) is 17.2. The highest BCUT2D eigenvalue weighted by molar-refractivity contribution is 5.52. The van der Waals surface area contributed by atoms with E-state index in [9.17, 15) is 0 Å². The average molecular weight is 366 g/mol. The summed E-state index contributed by atoms with van der Waals surface area (Å²) in [5, 5.41) is 4.11. The Bertz CT molecular complexity index is 897. The lowest BCUT2D eigenvalue weighted by molar-refractivity contribution is 0.298. The molecular weight excluding hydrogens is 344 g/mol. The van der Waals surface area contributed by atoms with E-state index in [-0.39, 0.29) is 5.92 Å². The van der Waals surface area contributed by atoms with Crippen LogP contribution in [-0.4, -0.2) is 47.3 Å². The highest BCUT2D eigenvalue weighted by atomic mass is 16.5. The predicted octanol–water partition coefficient (Wildman–Crippen LogP) is 3.14. The van der Waals surface area contributed by atoms with Crippen LogP contribution < -0.4 is 9.47 Å². The third kappa shape index (κ3) is 3.64. The van der Waals surface area contributed by atoms with E-state index in [0.717, 1.165) is 48.7 Å². The second-order valence-electron chi connectivity index (χ2n) is 6.57. The minimum absolute atomic E-state index is 0.236. The van der Waals surface area contributed by atoms with Crippen LogP contribution in [0.2, 0.25) is 0 Å². The minimum atomic E-state index is 0.236. The number of ether oxygens (including phenoxy) is 2. The number of likely N-dealkylation sites (tertiary alicyclic amines) is 1. The molecule has 7 heteroatoms. The predicted molar refractivity (Wildman–Crippen MR) is 99.7 cm³/mol. The average Bonchev–Trinajstić information content (AvgIpc) is 3.38. The van der Waals surface area contributed by atoms with Gasteiger partial charge in [-0.1, -0.05) is 17.3 Å². The van der Waals surface area contributed by atoms with Crippen molar-refractivity contribution in [3.8, 4) is 22.9 Å². The van der Waals surface area contributed by atoms with Gasteiger partial charge >= 0.3 is 0 Å². The molecular formula is C20H22N4O3. The molecule has 1 atom stereocenters. The van der Waals surface area contributed by atoms with E-state index in [4.69, 9.17) is 14.0 Å². The van der Waals surface area contributed by atoms with Crippen molar-refractivity contribution >= 4 is 0 Å². The Hall–Kier alpha value is -2.93. The summed E-state index contributed by atoms with van der Waals surface area (Å²) in [5.41, 5.74) is 1.97. The Morgan fingerprint density at radius 2 is 2.11 bits per heavy atom. The standard InChI is InChI=1S/C20H22N4O3/c1-25-17-7-3-5-15(18(17)26-2)12-24-10-8-16(13-24)20-22-19(23-27-20)14-6-4-9-21-11-14/h3-7,9,11,16H,8,10,12-13H2,1-2H3/t16-/m0/s1. The summed E-state index contributed by atoms with van der Waals surface area (Å²) in [6.07, 6.45) is 4.46. The van der Waals surface area contributed by atoms with Crippen molar-refractivity contribution in [2.45, 2.75) is 18.9 Å². The first-order valence-electron chi connectivity index (χ1n) is 8.94. The third-order valence-electron chi connectivity index (χ3n) is 4.86. The maximum Gasteiger partial charge on any atom is 0.231 e. The summed E-state index contributed by atoms with van der Waals surface area (Å²) in [6.45, 7) is 2.63. The highest BCUT2D eigenvalue weighted by Gasteiger charge is 2.29. The molecule has 1 aromatic carbocycles. The zero-order chi connectivity index (χ0) is 18.6. The van der Waals surface area contributed by atoms with Gasteiger partial charge in [0.25, 0.3) is 0 Å². The molecule has 1 fully saturated rings. The first-order valence-corrected chi connectivity index (χ1v) is 8.94. The van der Waals surface area contributed by atoms with Gasteiger partial charge in [0.15, 0.2) is 11.5 Å². The number of para-hydroxylation sites is 1. The molecule has 0 aliphatic carbocycles. The van der Waals surface area contributed by atoms with Gasteiger partial charge in [-0.05, 0) is 31.2 Å². The Balaban J connectivity index is 1.45. The number of aromatic nitrogens is 3. The lowest BCUT2D eigenvalue weighted by atomic mass is 10.1. The smallest absolute Gasteiger partial charge is 0.231 e. The molecule has 1 saturated heterocycles. The van der Waals surface area contributed by atoms with Crippen molar-refractivity contribution in [3.05, 3.63) is 54.2 Å². The van der Waals surface area contributed by atoms with E-state index in [1.54, 1.807) is 26.6 Å². The molecule has 0 spiro atoms. The fraction of sp³-hybridized carbons (Fsp3) is 0.350. The van der Waals surface area contributed by atoms with Crippen LogP contribution in [0.4, 0.5) is 0 Å². The van der Waals surface area contributed by atoms with Crippen LogP contribution in [0.25, 0.3) is 11.4 Å². The van der Waals surface area contributed by atoms with Crippen molar-refractivity contribution in [2.75, 3.05) is 27.3 Å². The van der Waals surface area contributed by atoms with Crippen molar-refractivity contribution < 1.29 is 14.0 Å². The number of rotatable bonds is 6. The highest BCUT2D eigenvalue weighted by Crippen LogP contribution is 2.34. The van der Waals surface area contributed by atoms with E-state index < -0.39 is 0 Å². The fourth-order valence-electron chi connectivity index (χ4n) is 3.51. The second-order valence-corrected chi connectivity index (χ2v) is 6.57. The lowest BCUT2D eigenvalue weighted by Gasteiger charge is -2.18. The van der Waals surface area contributed by atoms with Crippen LogP contribution in [0, 0.1) is 0 Å². The molecule has 0 saturated carbocycles. The Kier molecular flexibility index (Phi) is 5.02. The minimum Gasteiger partial charge on any atom is -0.493 e. The van der Waals surface area contributed by atoms with Crippen LogP contribution in [0.15, 0.2) is 47.2 Å². The maximum atomic E-state index is 5.54. The summed E-state index contributed by atoms with van der Waals surface area (Å²) < 4.78 is 16.5. The van der Waals surface area contributed by atoms with Crippen LogP contribution >= 0.6 is 0 Å². The van der Waals surface area contributed by atoms with Crippen molar-refractivity contribution in [1.82, 2.24) is 20.0 Å². The van der Waals surface area contributed by atoms with Gasteiger partial charge in [0.05, 0.1) is 20.1 Å². The van der Waals surface area contributed by atoms with E-state index in [1.165, 1.54) is 0 Å². The third-order valence-corrected chi connectivity index (χ3v) is 4.86. The first-order chi connectivity index (χ1) is 13.3. The molecule has 3 heterocycles. The molecule has 1 aliphatic rings. The molecule has 3 aromatic rings. The van der Waals surface area contributed by atoms with Gasteiger partial charge in [-0.3, -0.25) is 9.88 Å². The van der Waals surface area contributed by atoms with Crippen molar-refractivity contribution in [1.29, 1.82) is 0 Å².